The van der Waals surface area contributed by atoms with Gasteiger partial charge >= 0.3 is 0 Å². The zero-order valence-corrected chi connectivity index (χ0v) is 19.6. The molecule has 0 saturated carbocycles. The second-order valence-electron chi connectivity index (χ2n) is 7.67. The molecule has 0 fully saturated rings. The highest BCUT2D eigenvalue weighted by Gasteiger charge is 2.28. The standard InChI is InChI=1S/C27H21BrN2O3/c1-2-14-32-22-11-8-18(9-12-22)26-19(17-30(29-26)21-6-4-3-5-7-21)15-25-27(31)23-16-20(28)10-13-24(23)33-25/h3-13,15-17H,2,14H2,1H3/b25-15-. The zero-order valence-electron chi connectivity index (χ0n) is 18.0. The van der Waals surface area contributed by atoms with Gasteiger partial charge in [0.2, 0.25) is 5.78 Å². The molecule has 3 aromatic carbocycles. The summed E-state index contributed by atoms with van der Waals surface area (Å²) in [6, 6.07) is 23.1. The lowest BCUT2D eigenvalue weighted by atomic mass is 10.1. The number of ketones is 1. The molecule has 164 valence electrons. The average molecular weight is 501 g/mol. The quantitative estimate of drug-likeness (QED) is 0.276. The molecular formula is C27H21BrN2O3. The number of aromatic nitrogens is 2. The summed E-state index contributed by atoms with van der Waals surface area (Å²) in [4.78, 5) is 13.0. The van der Waals surface area contributed by atoms with Crippen LogP contribution in [-0.4, -0.2) is 22.2 Å². The van der Waals surface area contributed by atoms with Crippen molar-refractivity contribution in [2.45, 2.75) is 13.3 Å². The first-order chi connectivity index (χ1) is 16.1. The predicted octanol–water partition coefficient (Wildman–Crippen LogP) is 6.71. The van der Waals surface area contributed by atoms with Gasteiger partial charge < -0.3 is 9.47 Å². The summed E-state index contributed by atoms with van der Waals surface area (Å²) in [6.45, 7) is 2.75. The van der Waals surface area contributed by atoms with Crippen molar-refractivity contribution in [1.82, 2.24) is 9.78 Å². The highest BCUT2D eigenvalue weighted by molar-refractivity contribution is 9.10. The van der Waals surface area contributed by atoms with Gasteiger partial charge in [-0.3, -0.25) is 4.79 Å². The van der Waals surface area contributed by atoms with E-state index in [9.17, 15) is 4.79 Å². The van der Waals surface area contributed by atoms with Gasteiger partial charge in [-0.05, 0) is 67.1 Å². The smallest absolute Gasteiger partial charge is 0.232 e. The van der Waals surface area contributed by atoms with Crippen LogP contribution in [0, 0.1) is 0 Å². The Bertz CT molecular complexity index is 1340. The summed E-state index contributed by atoms with van der Waals surface area (Å²) >= 11 is 3.42. The van der Waals surface area contributed by atoms with Gasteiger partial charge in [-0.2, -0.15) is 5.10 Å². The number of ether oxygens (including phenoxy) is 2. The fraction of sp³-hybridized carbons (Fsp3) is 0.111. The number of hydrogen-bond donors (Lipinski definition) is 0. The normalized spacial score (nSPS) is 13.8. The minimum absolute atomic E-state index is 0.145. The molecule has 0 saturated heterocycles. The molecule has 0 unspecified atom stereocenters. The highest BCUT2D eigenvalue weighted by atomic mass is 79.9. The van der Waals surface area contributed by atoms with Crippen molar-refractivity contribution < 1.29 is 14.3 Å². The number of benzene rings is 3. The van der Waals surface area contributed by atoms with Crippen LogP contribution in [0.1, 0.15) is 29.3 Å². The van der Waals surface area contributed by atoms with Crippen molar-refractivity contribution >= 4 is 27.8 Å². The molecule has 5 nitrogen and oxygen atoms in total. The summed E-state index contributed by atoms with van der Waals surface area (Å²) in [5, 5.41) is 4.83. The molecule has 0 N–H and O–H groups in total. The first-order valence-electron chi connectivity index (χ1n) is 10.7. The fourth-order valence-electron chi connectivity index (χ4n) is 3.66. The van der Waals surface area contributed by atoms with Gasteiger partial charge in [-0.25, -0.2) is 4.68 Å². The van der Waals surface area contributed by atoms with E-state index < -0.39 is 0 Å². The Morgan fingerprint density at radius 3 is 2.61 bits per heavy atom. The van der Waals surface area contributed by atoms with Crippen molar-refractivity contribution in [1.29, 1.82) is 0 Å². The number of carbonyl (C=O) groups is 1. The second kappa shape index (κ2) is 9.08. The SMILES string of the molecule is CCCOc1ccc(-c2nn(-c3ccccc3)cc2/C=C2\Oc3ccc(Br)cc3C2=O)cc1. The number of carbonyl (C=O) groups excluding carboxylic acids is 1. The number of rotatable bonds is 6. The predicted molar refractivity (Wildman–Crippen MR) is 132 cm³/mol. The molecule has 0 bridgehead atoms. The molecule has 4 aromatic rings. The maximum Gasteiger partial charge on any atom is 0.232 e. The number of halogens is 1. The van der Waals surface area contributed by atoms with E-state index in [0.29, 0.717) is 17.9 Å². The molecule has 0 radical (unpaired) electrons. The van der Waals surface area contributed by atoms with E-state index in [0.717, 1.165) is 39.2 Å². The van der Waals surface area contributed by atoms with Crippen LogP contribution in [0.3, 0.4) is 0 Å². The van der Waals surface area contributed by atoms with Crippen LogP contribution in [0.25, 0.3) is 23.0 Å². The van der Waals surface area contributed by atoms with Crippen LogP contribution in [0.5, 0.6) is 11.5 Å². The van der Waals surface area contributed by atoms with E-state index in [1.165, 1.54) is 0 Å². The van der Waals surface area contributed by atoms with Crippen LogP contribution in [-0.2, 0) is 0 Å². The van der Waals surface area contributed by atoms with E-state index >= 15 is 0 Å². The topological polar surface area (TPSA) is 53.4 Å². The van der Waals surface area contributed by atoms with Crippen molar-refractivity contribution in [2.24, 2.45) is 0 Å². The number of para-hydroxylation sites is 1. The molecule has 0 amide bonds. The second-order valence-corrected chi connectivity index (χ2v) is 8.58. The number of nitrogens with zero attached hydrogens (tertiary/aromatic N) is 2. The van der Waals surface area contributed by atoms with Crippen LogP contribution in [0.4, 0.5) is 0 Å². The summed E-state index contributed by atoms with van der Waals surface area (Å²) in [6.07, 6.45) is 4.63. The third-order valence-electron chi connectivity index (χ3n) is 5.28. The van der Waals surface area contributed by atoms with Crippen molar-refractivity contribution in [3.05, 3.63) is 100 Å². The highest BCUT2D eigenvalue weighted by Crippen LogP contribution is 2.35. The number of Topliss-reactive ketones (excluding diaryl/α,β-unsaturated/α-hetero) is 1. The molecule has 33 heavy (non-hydrogen) atoms. The molecule has 0 spiro atoms. The summed E-state index contributed by atoms with van der Waals surface area (Å²) < 4.78 is 14.2. The van der Waals surface area contributed by atoms with Gasteiger partial charge in [0.25, 0.3) is 0 Å². The number of fused-ring (bicyclic) bond motifs is 1. The number of hydrogen-bond acceptors (Lipinski definition) is 4. The van der Waals surface area contributed by atoms with Crippen LogP contribution >= 0.6 is 15.9 Å². The Kier molecular flexibility index (Phi) is 5.84. The molecule has 1 aromatic heterocycles. The van der Waals surface area contributed by atoms with Gasteiger partial charge in [0.05, 0.1) is 17.9 Å². The first-order valence-corrected chi connectivity index (χ1v) is 11.5. The third-order valence-corrected chi connectivity index (χ3v) is 5.77. The van der Waals surface area contributed by atoms with Crippen molar-refractivity contribution in [3.8, 4) is 28.4 Å². The van der Waals surface area contributed by atoms with Crippen molar-refractivity contribution in [3.63, 3.8) is 0 Å². The Morgan fingerprint density at radius 1 is 1.06 bits per heavy atom. The minimum atomic E-state index is -0.145. The van der Waals surface area contributed by atoms with Crippen LogP contribution in [0.15, 0.2) is 89.2 Å². The van der Waals surface area contributed by atoms with E-state index in [4.69, 9.17) is 14.6 Å². The average Bonchev–Trinajstić information content (AvgIpc) is 3.40. The monoisotopic (exact) mass is 500 g/mol. The Morgan fingerprint density at radius 2 is 1.85 bits per heavy atom. The van der Waals surface area contributed by atoms with E-state index in [-0.39, 0.29) is 11.5 Å². The molecule has 0 atom stereocenters. The molecule has 6 heteroatoms. The van der Waals surface area contributed by atoms with E-state index in [1.54, 1.807) is 18.2 Å². The molecule has 5 rings (SSSR count). The molecule has 1 aliphatic rings. The molecular weight excluding hydrogens is 480 g/mol. The van der Waals surface area contributed by atoms with E-state index in [1.807, 2.05) is 71.5 Å². The Hall–Kier alpha value is -3.64. The van der Waals surface area contributed by atoms with E-state index in [2.05, 4.69) is 22.9 Å². The Labute approximate surface area is 200 Å². The Balaban J connectivity index is 1.56. The molecule has 1 aliphatic heterocycles. The minimum Gasteiger partial charge on any atom is -0.494 e. The maximum atomic E-state index is 13.0. The van der Waals surface area contributed by atoms with Crippen molar-refractivity contribution in [2.75, 3.05) is 6.61 Å². The zero-order chi connectivity index (χ0) is 22.8. The maximum absolute atomic E-state index is 13.0. The van der Waals surface area contributed by atoms with Crippen LogP contribution in [0.2, 0.25) is 0 Å². The van der Waals surface area contributed by atoms with Gasteiger partial charge in [-0.15, -0.1) is 0 Å². The first kappa shape index (κ1) is 21.2. The molecule has 2 heterocycles. The molecule has 0 aliphatic carbocycles. The number of allylic oxidation sites excluding steroid dienone is 1. The lowest BCUT2D eigenvalue weighted by Gasteiger charge is -2.05. The van der Waals surface area contributed by atoms with Gasteiger partial charge in [0.15, 0.2) is 5.76 Å². The summed E-state index contributed by atoms with van der Waals surface area (Å²) in [5.74, 6) is 1.51. The van der Waals surface area contributed by atoms with Gasteiger partial charge in [-0.1, -0.05) is 41.1 Å². The largest absolute Gasteiger partial charge is 0.494 e. The lowest BCUT2D eigenvalue weighted by molar-refractivity contribution is 0.101. The lowest BCUT2D eigenvalue weighted by Crippen LogP contribution is -1.98. The van der Waals surface area contributed by atoms with Gasteiger partial charge in [0.1, 0.15) is 17.2 Å². The van der Waals surface area contributed by atoms with Gasteiger partial charge in [0, 0.05) is 21.8 Å². The third kappa shape index (κ3) is 4.34. The summed E-state index contributed by atoms with van der Waals surface area (Å²) in [5.41, 5.74) is 3.94. The van der Waals surface area contributed by atoms with Crippen LogP contribution < -0.4 is 9.47 Å². The summed E-state index contributed by atoms with van der Waals surface area (Å²) in [7, 11) is 0. The fourth-order valence-corrected chi connectivity index (χ4v) is 4.02.